The van der Waals surface area contributed by atoms with Gasteiger partial charge in [0.15, 0.2) is 5.82 Å². The van der Waals surface area contributed by atoms with Crippen molar-refractivity contribution in [2.75, 3.05) is 0 Å². The van der Waals surface area contributed by atoms with Crippen LogP contribution in [-0.2, 0) is 0 Å². The van der Waals surface area contributed by atoms with Gasteiger partial charge >= 0.3 is 0 Å². The van der Waals surface area contributed by atoms with Crippen LogP contribution in [0.5, 0.6) is 0 Å². The van der Waals surface area contributed by atoms with E-state index in [1.54, 1.807) is 0 Å². The van der Waals surface area contributed by atoms with Gasteiger partial charge in [-0.2, -0.15) is 0 Å². The topological polar surface area (TPSA) is 38.9 Å². The molecule has 0 aliphatic heterocycles. The van der Waals surface area contributed by atoms with Crippen LogP contribution >= 0.6 is 12.2 Å². The van der Waals surface area contributed by atoms with Gasteiger partial charge in [-0.25, -0.2) is 4.39 Å². The summed E-state index contributed by atoms with van der Waals surface area (Å²) in [5, 5.41) is 0. The summed E-state index contributed by atoms with van der Waals surface area (Å²) in [7, 11) is 0. The maximum atomic E-state index is 12.6. The highest BCUT2D eigenvalue weighted by molar-refractivity contribution is 7.80. The van der Waals surface area contributed by atoms with Gasteiger partial charge in [0.05, 0.1) is 6.20 Å². The number of pyridine rings is 1. The third-order valence-electron chi connectivity index (χ3n) is 1.04. The molecule has 4 heteroatoms. The molecule has 0 saturated carbocycles. The average Bonchev–Trinajstić information content (AvgIpc) is 1.88. The molecule has 10 heavy (non-hydrogen) atoms. The fourth-order valence-corrected chi connectivity index (χ4v) is 0.741. The van der Waals surface area contributed by atoms with Crippen molar-refractivity contribution >= 4 is 17.2 Å². The molecule has 1 aromatic rings. The molecule has 0 amide bonds. The zero-order valence-corrected chi connectivity index (χ0v) is 5.86. The predicted octanol–water partition coefficient (Wildman–Crippen LogP) is 0.855. The van der Waals surface area contributed by atoms with Crippen LogP contribution in [0.15, 0.2) is 18.5 Å². The molecule has 2 N–H and O–H groups in total. The van der Waals surface area contributed by atoms with Crippen LogP contribution in [0.25, 0.3) is 0 Å². The van der Waals surface area contributed by atoms with Crippen molar-refractivity contribution in [3.63, 3.8) is 0 Å². The van der Waals surface area contributed by atoms with Gasteiger partial charge in [-0.15, -0.1) is 0 Å². The summed E-state index contributed by atoms with van der Waals surface area (Å²) in [5.41, 5.74) is 5.42. The Morgan fingerprint density at radius 3 is 2.80 bits per heavy atom. The maximum Gasteiger partial charge on any atom is 0.151 e. The fraction of sp³-hybridized carbons (Fsp3) is 0. The lowest BCUT2D eigenvalue weighted by atomic mass is 10.2. The highest BCUT2D eigenvalue weighted by Gasteiger charge is 2.01. The molecule has 0 unspecified atom stereocenters. The highest BCUT2D eigenvalue weighted by Crippen LogP contribution is 2.02. The molecule has 0 atom stereocenters. The van der Waals surface area contributed by atoms with Crippen LogP contribution in [0.4, 0.5) is 4.39 Å². The molecule has 0 aliphatic rings. The second-order valence-corrected chi connectivity index (χ2v) is 2.16. The Morgan fingerprint density at radius 1 is 1.70 bits per heavy atom. The van der Waals surface area contributed by atoms with Crippen molar-refractivity contribution in [2.24, 2.45) is 5.73 Å². The first kappa shape index (κ1) is 7.08. The first-order valence-corrected chi connectivity index (χ1v) is 3.02. The van der Waals surface area contributed by atoms with Gasteiger partial charge < -0.3 is 5.73 Å². The van der Waals surface area contributed by atoms with E-state index in [0.29, 0.717) is 0 Å². The Morgan fingerprint density at radius 2 is 2.40 bits per heavy atom. The normalized spacial score (nSPS) is 9.30. The summed E-state index contributed by atoms with van der Waals surface area (Å²) in [5.74, 6) is -0.477. The van der Waals surface area contributed by atoms with Gasteiger partial charge in [0.2, 0.25) is 0 Å². The van der Waals surface area contributed by atoms with Crippen LogP contribution in [0.1, 0.15) is 5.56 Å². The van der Waals surface area contributed by atoms with Gasteiger partial charge in [0, 0.05) is 11.8 Å². The van der Waals surface area contributed by atoms with Crippen molar-refractivity contribution in [3.05, 3.63) is 29.8 Å². The summed E-state index contributed by atoms with van der Waals surface area (Å²) in [6, 6.07) is 1.44. The Kier molecular flexibility index (Phi) is 1.91. The van der Waals surface area contributed by atoms with E-state index in [2.05, 4.69) is 17.2 Å². The number of hydrogen-bond acceptors (Lipinski definition) is 2. The van der Waals surface area contributed by atoms with Crippen LogP contribution in [0.2, 0.25) is 0 Å². The molecular weight excluding hydrogens is 151 g/mol. The molecule has 2 nitrogen and oxygen atoms in total. The van der Waals surface area contributed by atoms with E-state index in [9.17, 15) is 4.39 Å². The first-order valence-electron chi connectivity index (χ1n) is 2.61. The summed E-state index contributed by atoms with van der Waals surface area (Å²) in [6.07, 6.45) is 2.52. The van der Waals surface area contributed by atoms with E-state index in [1.165, 1.54) is 12.3 Å². The van der Waals surface area contributed by atoms with E-state index < -0.39 is 5.82 Å². The van der Waals surface area contributed by atoms with Crippen LogP contribution < -0.4 is 5.73 Å². The number of halogens is 1. The number of rotatable bonds is 1. The smallest absolute Gasteiger partial charge is 0.151 e. The van der Waals surface area contributed by atoms with E-state index in [0.717, 1.165) is 6.20 Å². The third-order valence-corrected chi connectivity index (χ3v) is 1.26. The zero-order chi connectivity index (χ0) is 7.56. The SMILES string of the molecule is NC(=S)c1ccncc1F. The highest BCUT2D eigenvalue weighted by atomic mass is 32.1. The van der Waals surface area contributed by atoms with Gasteiger partial charge in [0.25, 0.3) is 0 Å². The minimum atomic E-state index is -0.477. The Bertz CT molecular complexity index is 262. The number of nitrogens with two attached hydrogens (primary N) is 1. The molecule has 52 valence electrons. The Balaban J connectivity index is 3.15. The minimum absolute atomic E-state index is 0.0555. The van der Waals surface area contributed by atoms with E-state index in [4.69, 9.17) is 5.73 Å². The molecule has 1 rings (SSSR count). The summed E-state index contributed by atoms with van der Waals surface area (Å²) >= 11 is 4.56. The lowest BCUT2D eigenvalue weighted by Gasteiger charge is -1.96. The molecule has 0 saturated heterocycles. The van der Waals surface area contributed by atoms with E-state index in [-0.39, 0.29) is 10.6 Å². The molecule has 0 aliphatic carbocycles. The van der Waals surface area contributed by atoms with Crippen LogP contribution in [0, 0.1) is 5.82 Å². The third kappa shape index (κ3) is 1.27. The molecule has 0 fully saturated rings. The number of nitrogens with zero attached hydrogens (tertiary/aromatic N) is 1. The lowest BCUT2D eigenvalue weighted by Crippen LogP contribution is -2.11. The van der Waals surface area contributed by atoms with Crippen molar-refractivity contribution in [3.8, 4) is 0 Å². The molecule has 1 aromatic heterocycles. The second kappa shape index (κ2) is 2.70. The van der Waals surface area contributed by atoms with Crippen molar-refractivity contribution < 1.29 is 4.39 Å². The molecule has 0 aromatic carbocycles. The standard InChI is InChI=1S/C6H5FN2S/c7-5-3-9-2-1-4(5)6(8)10/h1-3H,(H2,8,10). The van der Waals surface area contributed by atoms with Gasteiger partial charge in [0.1, 0.15) is 4.99 Å². The largest absolute Gasteiger partial charge is 0.389 e. The summed E-state index contributed by atoms with van der Waals surface area (Å²) in [4.78, 5) is 3.59. The minimum Gasteiger partial charge on any atom is -0.389 e. The van der Waals surface area contributed by atoms with E-state index in [1.807, 2.05) is 0 Å². The lowest BCUT2D eigenvalue weighted by molar-refractivity contribution is 0.619. The Labute approximate surface area is 62.9 Å². The first-order chi connectivity index (χ1) is 4.72. The molecule has 0 radical (unpaired) electrons. The van der Waals surface area contributed by atoms with Crippen LogP contribution in [0.3, 0.4) is 0 Å². The molecule has 0 spiro atoms. The maximum absolute atomic E-state index is 12.6. The van der Waals surface area contributed by atoms with Gasteiger partial charge in [-0.3, -0.25) is 4.98 Å². The zero-order valence-electron chi connectivity index (χ0n) is 5.04. The monoisotopic (exact) mass is 156 g/mol. The van der Waals surface area contributed by atoms with E-state index >= 15 is 0 Å². The van der Waals surface area contributed by atoms with Gasteiger partial charge in [-0.05, 0) is 6.07 Å². The fourth-order valence-electron chi connectivity index (χ4n) is 0.575. The number of thiocarbonyl (C=S) groups is 1. The van der Waals surface area contributed by atoms with Crippen LogP contribution in [-0.4, -0.2) is 9.97 Å². The average molecular weight is 156 g/mol. The summed E-state index contributed by atoms with van der Waals surface area (Å²) in [6.45, 7) is 0. The molecular formula is C6H5FN2S. The predicted molar refractivity (Wildman–Crippen MR) is 40.1 cm³/mol. The second-order valence-electron chi connectivity index (χ2n) is 1.72. The Hall–Kier alpha value is -1.03. The van der Waals surface area contributed by atoms with Crippen molar-refractivity contribution in [1.82, 2.24) is 4.98 Å². The molecule has 1 heterocycles. The molecule has 0 bridgehead atoms. The van der Waals surface area contributed by atoms with Crippen molar-refractivity contribution in [2.45, 2.75) is 0 Å². The summed E-state index contributed by atoms with van der Waals surface area (Å²) < 4.78 is 12.6. The van der Waals surface area contributed by atoms with Gasteiger partial charge in [-0.1, -0.05) is 12.2 Å². The quantitative estimate of drug-likeness (QED) is 0.613. The number of aromatic nitrogens is 1. The number of hydrogen-bond donors (Lipinski definition) is 1. The van der Waals surface area contributed by atoms with Crippen molar-refractivity contribution in [1.29, 1.82) is 0 Å².